The maximum Gasteiger partial charge on any atom is 0.270 e. The van der Waals surface area contributed by atoms with E-state index >= 15 is 0 Å². The molecule has 130 valence electrons. The number of ether oxygens (including phenoxy) is 3. The van der Waals surface area contributed by atoms with Gasteiger partial charge >= 0.3 is 0 Å². The fourth-order valence-electron chi connectivity index (χ4n) is 2.52. The third-order valence-corrected chi connectivity index (χ3v) is 3.53. The van der Waals surface area contributed by atoms with E-state index in [2.05, 4.69) is 5.32 Å². The van der Waals surface area contributed by atoms with E-state index in [-0.39, 0.29) is 31.6 Å². The molecule has 3 rings (SSSR count). The third kappa shape index (κ3) is 4.04. The molecular weight excluding hydrogens is 328 g/mol. The van der Waals surface area contributed by atoms with Gasteiger partial charge in [-0.3, -0.25) is 14.9 Å². The van der Waals surface area contributed by atoms with Crippen LogP contribution in [0.1, 0.15) is 18.1 Å². The highest BCUT2D eigenvalue weighted by molar-refractivity contribution is 5.88. The highest BCUT2D eigenvalue weighted by atomic mass is 16.7. The van der Waals surface area contributed by atoms with Crippen molar-refractivity contribution in [3.05, 3.63) is 57.6 Å². The van der Waals surface area contributed by atoms with Crippen molar-refractivity contribution in [2.24, 2.45) is 0 Å². The second kappa shape index (κ2) is 7.18. The second-order valence-electron chi connectivity index (χ2n) is 5.46. The number of nitro groups is 1. The molecule has 1 aliphatic heterocycles. The summed E-state index contributed by atoms with van der Waals surface area (Å²) in [4.78, 5) is 21.8. The van der Waals surface area contributed by atoms with E-state index in [1.807, 2.05) is 0 Å². The zero-order valence-electron chi connectivity index (χ0n) is 13.5. The molecule has 0 bridgehead atoms. The summed E-state index contributed by atoms with van der Waals surface area (Å²) in [6.07, 6.45) is 0. The van der Waals surface area contributed by atoms with Crippen LogP contribution in [0.5, 0.6) is 11.5 Å². The van der Waals surface area contributed by atoms with Gasteiger partial charge in [0.1, 0.15) is 18.1 Å². The van der Waals surface area contributed by atoms with Gasteiger partial charge in [0.25, 0.3) is 5.69 Å². The smallest absolute Gasteiger partial charge is 0.270 e. The number of anilines is 1. The van der Waals surface area contributed by atoms with Gasteiger partial charge in [-0.1, -0.05) is 6.07 Å². The van der Waals surface area contributed by atoms with Crippen LogP contribution < -0.4 is 14.8 Å². The summed E-state index contributed by atoms with van der Waals surface area (Å²) in [5.74, 6) is 0.895. The fraction of sp³-hybridized carbons (Fsp3) is 0.235. The molecule has 0 unspecified atom stereocenters. The van der Waals surface area contributed by atoms with E-state index in [4.69, 9.17) is 14.2 Å². The summed E-state index contributed by atoms with van der Waals surface area (Å²) in [6.45, 7) is 1.85. The Hall–Kier alpha value is -3.13. The zero-order valence-corrected chi connectivity index (χ0v) is 13.5. The van der Waals surface area contributed by atoms with Crippen molar-refractivity contribution in [3.8, 4) is 11.5 Å². The first-order valence-electron chi connectivity index (χ1n) is 7.54. The number of amides is 1. The lowest BCUT2D eigenvalue weighted by atomic mass is 10.1. The Morgan fingerprint density at radius 3 is 2.96 bits per heavy atom. The largest absolute Gasteiger partial charge is 0.489 e. The van der Waals surface area contributed by atoms with Crippen molar-refractivity contribution in [1.82, 2.24) is 0 Å². The summed E-state index contributed by atoms with van der Waals surface area (Å²) in [6, 6.07) is 9.77. The number of carbonyl (C=O) groups is 1. The molecule has 0 spiro atoms. The van der Waals surface area contributed by atoms with Crippen molar-refractivity contribution in [2.45, 2.75) is 20.1 Å². The molecule has 2 aromatic rings. The lowest BCUT2D eigenvalue weighted by Gasteiger charge is -2.20. The Bertz CT molecular complexity index is 821. The number of hydrogen-bond donors (Lipinski definition) is 1. The molecule has 0 atom stereocenters. The van der Waals surface area contributed by atoms with Crippen LogP contribution in [0, 0.1) is 10.1 Å². The summed E-state index contributed by atoms with van der Waals surface area (Å²) in [5, 5.41) is 13.8. The van der Waals surface area contributed by atoms with Gasteiger partial charge in [0.2, 0.25) is 5.91 Å². The lowest BCUT2D eigenvalue weighted by Crippen LogP contribution is -2.14. The molecule has 0 saturated heterocycles. The van der Waals surface area contributed by atoms with Crippen molar-refractivity contribution >= 4 is 17.3 Å². The summed E-state index contributed by atoms with van der Waals surface area (Å²) < 4.78 is 16.4. The van der Waals surface area contributed by atoms with Gasteiger partial charge in [-0.05, 0) is 12.1 Å². The molecule has 0 aliphatic carbocycles. The van der Waals surface area contributed by atoms with Crippen LogP contribution in [-0.4, -0.2) is 17.6 Å². The van der Waals surface area contributed by atoms with Gasteiger partial charge in [-0.2, -0.15) is 0 Å². The number of rotatable bonds is 5. The number of benzene rings is 2. The van der Waals surface area contributed by atoms with E-state index < -0.39 is 4.92 Å². The minimum Gasteiger partial charge on any atom is -0.489 e. The Labute approximate surface area is 143 Å². The van der Waals surface area contributed by atoms with E-state index in [1.165, 1.54) is 19.1 Å². The SMILES string of the molecule is CC(=O)Nc1cccc(OCc2cc([N+](=O)[O-])cc3c2OCOC3)c1. The number of carbonyl (C=O) groups excluding carboxylic acids is 1. The molecule has 2 aromatic carbocycles. The van der Waals surface area contributed by atoms with Crippen LogP contribution in [0.15, 0.2) is 36.4 Å². The first-order valence-corrected chi connectivity index (χ1v) is 7.54. The zero-order chi connectivity index (χ0) is 17.8. The van der Waals surface area contributed by atoms with Crippen LogP contribution in [0.3, 0.4) is 0 Å². The van der Waals surface area contributed by atoms with Crippen molar-refractivity contribution in [1.29, 1.82) is 0 Å². The fourth-order valence-corrected chi connectivity index (χ4v) is 2.52. The molecule has 0 radical (unpaired) electrons. The van der Waals surface area contributed by atoms with Crippen LogP contribution >= 0.6 is 0 Å². The van der Waals surface area contributed by atoms with Crippen molar-refractivity contribution in [2.75, 3.05) is 12.1 Å². The van der Waals surface area contributed by atoms with E-state index in [9.17, 15) is 14.9 Å². The number of hydrogen-bond acceptors (Lipinski definition) is 6. The highest BCUT2D eigenvalue weighted by Gasteiger charge is 2.21. The van der Waals surface area contributed by atoms with Crippen molar-refractivity contribution < 1.29 is 23.9 Å². The monoisotopic (exact) mass is 344 g/mol. The average molecular weight is 344 g/mol. The van der Waals surface area contributed by atoms with Crippen LogP contribution in [0.25, 0.3) is 0 Å². The topological polar surface area (TPSA) is 99.9 Å². The van der Waals surface area contributed by atoms with E-state index in [0.717, 1.165) is 0 Å². The summed E-state index contributed by atoms with van der Waals surface area (Å²) in [7, 11) is 0. The normalized spacial score (nSPS) is 12.7. The molecule has 0 fully saturated rings. The molecule has 8 nitrogen and oxygen atoms in total. The molecule has 1 heterocycles. The van der Waals surface area contributed by atoms with Gasteiger partial charge in [-0.25, -0.2) is 0 Å². The predicted molar refractivity (Wildman–Crippen MR) is 88.5 cm³/mol. The molecule has 25 heavy (non-hydrogen) atoms. The van der Waals surface area contributed by atoms with Gasteiger partial charge in [-0.15, -0.1) is 0 Å². The van der Waals surface area contributed by atoms with Gasteiger partial charge < -0.3 is 19.5 Å². The number of nitro benzene ring substituents is 1. The first kappa shape index (κ1) is 16.7. The number of fused-ring (bicyclic) bond motifs is 1. The summed E-state index contributed by atoms with van der Waals surface area (Å²) >= 11 is 0. The van der Waals surface area contributed by atoms with Gasteiger partial charge in [0, 0.05) is 41.9 Å². The third-order valence-electron chi connectivity index (χ3n) is 3.53. The standard InChI is InChI=1S/C17H16N2O6/c1-11(20)18-14-3-2-4-16(7-14)24-9-13-6-15(19(21)22)5-12-8-23-10-25-17(12)13/h2-7H,8-10H2,1H3,(H,18,20). The highest BCUT2D eigenvalue weighted by Crippen LogP contribution is 2.33. The van der Waals surface area contributed by atoms with Gasteiger partial charge in [0.15, 0.2) is 6.79 Å². The Morgan fingerprint density at radius 1 is 1.36 bits per heavy atom. The summed E-state index contributed by atoms with van der Waals surface area (Å²) in [5.41, 5.74) is 1.75. The van der Waals surface area contributed by atoms with Gasteiger partial charge in [0.05, 0.1) is 11.5 Å². The molecule has 1 aliphatic rings. The maximum absolute atomic E-state index is 11.1. The maximum atomic E-state index is 11.1. The quantitative estimate of drug-likeness (QED) is 0.661. The lowest BCUT2D eigenvalue weighted by molar-refractivity contribution is -0.385. The van der Waals surface area contributed by atoms with E-state index in [1.54, 1.807) is 24.3 Å². The molecule has 0 saturated carbocycles. The first-order chi connectivity index (χ1) is 12.0. The molecular formula is C17H16N2O6. The number of non-ortho nitro benzene ring substituents is 1. The number of nitrogens with one attached hydrogen (secondary N) is 1. The second-order valence-corrected chi connectivity index (χ2v) is 5.46. The Balaban J connectivity index is 1.82. The Morgan fingerprint density at radius 2 is 2.20 bits per heavy atom. The van der Waals surface area contributed by atoms with Crippen LogP contribution in [0.4, 0.5) is 11.4 Å². The van der Waals surface area contributed by atoms with Crippen LogP contribution in [-0.2, 0) is 22.7 Å². The molecule has 1 N–H and O–H groups in total. The van der Waals surface area contributed by atoms with Crippen LogP contribution in [0.2, 0.25) is 0 Å². The predicted octanol–water partition coefficient (Wildman–Crippen LogP) is 3.00. The molecule has 0 aromatic heterocycles. The van der Waals surface area contributed by atoms with E-state index in [0.29, 0.717) is 28.3 Å². The Kier molecular flexibility index (Phi) is 4.80. The average Bonchev–Trinajstić information content (AvgIpc) is 2.59. The molecule has 1 amide bonds. The van der Waals surface area contributed by atoms with Crippen molar-refractivity contribution in [3.63, 3.8) is 0 Å². The minimum absolute atomic E-state index is 0.0431. The minimum atomic E-state index is -0.463. The molecule has 8 heteroatoms. The number of nitrogens with zero attached hydrogens (tertiary/aromatic N) is 1.